The van der Waals surface area contributed by atoms with Crippen LogP contribution in [0.25, 0.3) is 0 Å². The van der Waals surface area contributed by atoms with E-state index in [0.717, 1.165) is 20.3 Å². The van der Waals surface area contributed by atoms with E-state index >= 15 is 0 Å². The van der Waals surface area contributed by atoms with E-state index in [4.69, 9.17) is 42.0 Å². The fraction of sp³-hybridized carbons (Fsp3) is 0.217. The van der Waals surface area contributed by atoms with Gasteiger partial charge in [0.2, 0.25) is 28.7 Å². The van der Waals surface area contributed by atoms with Crippen LogP contribution >= 0.6 is 23.5 Å². The molecule has 0 spiro atoms. The molecular weight excluding hydrogens is 657 g/mol. The number of ether oxygens (including phenoxy) is 6. The highest BCUT2D eigenvalue weighted by Crippen LogP contribution is 2.57. The maximum Gasteiger partial charge on any atom is 0.525 e. The van der Waals surface area contributed by atoms with Gasteiger partial charge in [-0.2, -0.15) is 0 Å². The molecular formula is C23H27O18P3. The fourth-order valence-electron chi connectivity index (χ4n) is 3.64. The topological polar surface area (TPSA) is 256 Å². The monoisotopic (exact) mass is 684 g/mol. The third-order valence-corrected chi connectivity index (χ3v) is 6.44. The summed E-state index contributed by atoms with van der Waals surface area (Å²) in [5.74, 6) is -4.25. The fourth-order valence-corrected chi connectivity index (χ4v) is 4.85. The van der Waals surface area contributed by atoms with Crippen molar-refractivity contribution in [1.29, 1.82) is 0 Å². The van der Waals surface area contributed by atoms with Crippen molar-refractivity contribution in [3.05, 3.63) is 42.0 Å². The molecule has 3 rings (SSSR count). The van der Waals surface area contributed by atoms with Crippen LogP contribution in [0.3, 0.4) is 0 Å². The Balaban J connectivity index is 2.22. The second kappa shape index (κ2) is 13.5. The second-order valence-electron chi connectivity index (χ2n) is 8.30. The van der Waals surface area contributed by atoms with Crippen LogP contribution in [-0.4, -0.2) is 57.8 Å². The first-order valence-corrected chi connectivity index (χ1v) is 16.2. The molecule has 44 heavy (non-hydrogen) atoms. The molecule has 18 nitrogen and oxygen atoms in total. The largest absolute Gasteiger partial charge is 0.525 e. The highest BCUT2D eigenvalue weighted by atomic mass is 31.2. The molecule has 0 bridgehead atoms. The molecule has 0 unspecified atom stereocenters. The van der Waals surface area contributed by atoms with Gasteiger partial charge in [0, 0.05) is 0 Å². The van der Waals surface area contributed by atoms with Gasteiger partial charge in [0.15, 0.2) is 34.5 Å². The Labute approximate surface area is 249 Å². The zero-order valence-corrected chi connectivity index (χ0v) is 26.1. The van der Waals surface area contributed by atoms with E-state index < -0.39 is 58.0 Å². The zero-order chi connectivity index (χ0) is 33.0. The predicted octanol–water partition coefficient (Wildman–Crippen LogP) is 4.03. The zero-order valence-electron chi connectivity index (χ0n) is 23.4. The van der Waals surface area contributed by atoms with Gasteiger partial charge in [-0.05, 0) is 48.9 Å². The lowest BCUT2D eigenvalue weighted by Gasteiger charge is -2.21. The van der Waals surface area contributed by atoms with Crippen LogP contribution in [0.1, 0.15) is 5.56 Å². The molecule has 0 aliphatic heterocycles. The molecule has 6 N–H and O–H groups in total. The van der Waals surface area contributed by atoms with Gasteiger partial charge < -0.3 is 42.0 Å². The van der Waals surface area contributed by atoms with Gasteiger partial charge >= 0.3 is 23.5 Å². The molecule has 0 saturated carbocycles. The first-order valence-electron chi connectivity index (χ1n) is 11.6. The van der Waals surface area contributed by atoms with Gasteiger partial charge in [-0.15, -0.1) is 0 Å². The molecule has 0 atom stereocenters. The Bertz CT molecular complexity index is 1660. The summed E-state index contributed by atoms with van der Waals surface area (Å²) >= 11 is 0. The lowest BCUT2D eigenvalue weighted by atomic mass is 10.2. The van der Waals surface area contributed by atoms with Crippen LogP contribution < -0.4 is 42.0 Å². The summed E-state index contributed by atoms with van der Waals surface area (Å²) in [5, 5.41) is 0. The molecule has 0 aliphatic carbocycles. The number of benzene rings is 3. The summed E-state index contributed by atoms with van der Waals surface area (Å²) < 4.78 is 81.9. The van der Waals surface area contributed by atoms with Crippen molar-refractivity contribution in [3.63, 3.8) is 0 Å². The molecule has 0 amide bonds. The van der Waals surface area contributed by atoms with E-state index in [-0.39, 0.29) is 28.7 Å². The standard InChI is InChI=1S/C23H27O18P3/c1-12-10-17(34-3)19(18(11-12)39-42(24,25)26)38-15-8-9-16(23(21(15)36-5)41-44(30,31)32)37-14-7-6-13(33-2)22(20(14)35-4)40-43(27,28)29/h6-11H,1-5H3,(H2,24,25,26)(H2,27,28,29)(H2,30,31,32). The minimum Gasteiger partial charge on any atom is -0.493 e. The summed E-state index contributed by atoms with van der Waals surface area (Å²) in [7, 11) is -10.9. The molecule has 0 aromatic heterocycles. The Morgan fingerprint density at radius 3 is 1.27 bits per heavy atom. The van der Waals surface area contributed by atoms with E-state index in [1.807, 2.05) is 0 Å². The molecule has 21 heteroatoms. The highest BCUT2D eigenvalue weighted by Gasteiger charge is 2.31. The number of methoxy groups -OCH3 is 4. The van der Waals surface area contributed by atoms with Crippen molar-refractivity contribution >= 4 is 23.5 Å². The van der Waals surface area contributed by atoms with E-state index in [9.17, 15) is 43.1 Å². The van der Waals surface area contributed by atoms with Crippen molar-refractivity contribution in [1.82, 2.24) is 0 Å². The van der Waals surface area contributed by atoms with Gasteiger partial charge in [0.05, 0.1) is 28.4 Å². The molecule has 242 valence electrons. The van der Waals surface area contributed by atoms with Crippen LogP contribution in [0, 0.1) is 6.92 Å². The molecule has 0 heterocycles. The smallest absolute Gasteiger partial charge is 0.493 e. The van der Waals surface area contributed by atoms with Gasteiger partial charge in [-0.3, -0.25) is 29.4 Å². The van der Waals surface area contributed by atoms with Crippen LogP contribution in [0.5, 0.6) is 63.2 Å². The number of rotatable bonds is 14. The van der Waals surface area contributed by atoms with Crippen LogP contribution in [0.4, 0.5) is 0 Å². The van der Waals surface area contributed by atoms with Crippen LogP contribution in [0.15, 0.2) is 36.4 Å². The normalized spacial score (nSPS) is 11.8. The number of phosphoric acid groups is 3. The lowest BCUT2D eigenvalue weighted by Crippen LogP contribution is -2.02. The lowest BCUT2D eigenvalue weighted by molar-refractivity contribution is 0.261. The summed E-state index contributed by atoms with van der Waals surface area (Å²) in [4.78, 5) is 56.8. The number of hydrogen-bond acceptors (Lipinski definition) is 12. The third-order valence-electron chi connectivity index (χ3n) is 5.16. The first kappa shape index (κ1) is 34.8. The Morgan fingerprint density at radius 2 is 0.841 bits per heavy atom. The molecule has 0 fully saturated rings. The molecule has 0 saturated heterocycles. The van der Waals surface area contributed by atoms with Gasteiger partial charge in [0.25, 0.3) is 0 Å². The number of phosphoric ester groups is 3. The summed E-state index contributed by atoms with van der Waals surface area (Å²) in [6.07, 6.45) is 0. The average Bonchev–Trinajstić information content (AvgIpc) is 2.89. The van der Waals surface area contributed by atoms with Crippen LogP contribution in [-0.2, 0) is 13.7 Å². The van der Waals surface area contributed by atoms with E-state index in [1.54, 1.807) is 6.92 Å². The minimum atomic E-state index is -5.34. The van der Waals surface area contributed by atoms with Gasteiger partial charge in [0.1, 0.15) is 0 Å². The van der Waals surface area contributed by atoms with Crippen molar-refractivity contribution in [2.75, 3.05) is 28.4 Å². The van der Waals surface area contributed by atoms with E-state index in [1.165, 1.54) is 44.6 Å². The summed E-state index contributed by atoms with van der Waals surface area (Å²) in [6.45, 7) is 1.58. The van der Waals surface area contributed by atoms with Crippen molar-refractivity contribution in [2.24, 2.45) is 0 Å². The predicted molar refractivity (Wildman–Crippen MR) is 148 cm³/mol. The van der Waals surface area contributed by atoms with Crippen LogP contribution in [0.2, 0.25) is 0 Å². The maximum absolute atomic E-state index is 12.0. The minimum absolute atomic E-state index is 0.0474. The SMILES string of the molecule is COc1cc(C)cc(OP(=O)(O)O)c1Oc1ccc(Oc2ccc(OC)c(OP(=O)(O)O)c2OC)c(OP(=O)(O)O)c1OC. The highest BCUT2D eigenvalue weighted by molar-refractivity contribution is 7.47. The van der Waals surface area contributed by atoms with Crippen molar-refractivity contribution in [3.8, 4) is 63.2 Å². The third kappa shape index (κ3) is 8.92. The average molecular weight is 684 g/mol. The summed E-state index contributed by atoms with van der Waals surface area (Å²) in [6, 6.07) is 7.39. The Kier molecular flexibility index (Phi) is 10.7. The van der Waals surface area contributed by atoms with Crippen molar-refractivity contribution in [2.45, 2.75) is 6.92 Å². The van der Waals surface area contributed by atoms with Gasteiger partial charge in [-0.25, -0.2) is 13.7 Å². The quantitative estimate of drug-likeness (QED) is 0.131. The summed E-state index contributed by atoms with van der Waals surface area (Å²) in [5.41, 5.74) is 0.467. The van der Waals surface area contributed by atoms with E-state index in [0.29, 0.717) is 5.56 Å². The van der Waals surface area contributed by atoms with E-state index in [2.05, 4.69) is 0 Å². The molecule has 0 radical (unpaired) electrons. The Hall–Kier alpha value is -3.69. The molecule has 0 aliphatic rings. The first-order chi connectivity index (χ1) is 20.4. The maximum atomic E-state index is 12.0. The molecule has 3 aromatic carbocycles. The Morgan fingerprint density at radius 1 is 0.455 bits per heavy atom. The second-order valence-corrected chi connectivity index (χ2v) is 11.8. The number of aryl methyl sites for hydroxylation is 1. The molecule has 3 aromatic rings. The van der Waals surface area contributed by atoms with Crippen molar-refractivity contribution < 1.29 is 85.0 Å². The van der Waals surface area contributed by atoms with Gasteiger partial charge in [-0.1, -0.05) is 0 Å². The number of hydrogen-bond donors (Lipinski definition) is 6.